The quantitative estimate of drug-likeness (QED) is 0.724. The van der Waals surface area contributed by atoms with Crippen molar-refractivity contribution in [2.24, 2.45) is 5.92 Å². The summed E-state index contributed by atoms with van der Waals surface area (Å²) in [5, 5.41) is 13.3. The zero-order valence-corrected chi connectivity index (χ0v) is 18.4. The van der Waals surface area contributed by atoms with Crippen molar-refractivity contribution in [3.8, 4) is 11.5 Å². The Hall–Kier alpha value is -1.99. The first-order valence-electron chi connectivity index (χ1n) is 12.0. The molecule has 0 atom stereocenters. The molecule has 2 aliphatic heterocycles. The van der Waals surface area contributed by atoms with Gasteiger partial charge in [0.2, 0.25) is 6.79 Å². The third-order valence-corrected chi connectivity index (χ3v) is 7.73. The molecule has 3 fully saturated rings. The molecule has 31 heavy (non-hydrogen) atoms. The molecule has 0 bridgehead atoms. The zero-order valence-electron chi connectivity index (χ0n) is 18.4. The van der Waals surface area contributed by atoms with Gasteiger partial charge >= 0.3 is 0 Å². The molecule has 0 aromatic heterocycles. The van der Waals surface area contributed by atoms with Gasteiger partial charge in [-0.25, -0.2) is 0 Å². The largest absolute Gasteiger partial charge is 0.454 e. The van der Waals surface area contributed by atoms with E-state index in [0.717, 1.165) is 75.1 Å². The first kappa shape index (κ1) is 20.9. The van der Waals surface area contributed by atoms with Crippen molar-refractivity contribution in [2.75, 3.05) is 44.4 Å². The average Bonchev–Trinajstić information content (AvgIpc) is 3.26. The van der Waals surface area contributed by atoms with Crippen LogP contribution >= 0.6 is 0 Å². The third kappa shape index (κ3) is 4.48. The molecule has 0 spiro atoms. The van der Waals surface area contributed by atoms with E-state index in [-0.39, 0.29) is 11.9 Å². The van der Waals surface area contributed by atoms with E-state index in [1.165, 1.54) is 19.3 Å². The van der Waals surface area contributed by atoms with Crippen LogP contribution < -0.4 is 19.7 Å². The van der Waals surface area contributed by atoms with Crippen molar-refractivity contribution in [3.63, 3.8) is 0 Å². The lowest BCUT2D eigenvalue weighted by atomic mass is 9.78. The third-order valence-electron chi connectivity index (χ3n) is 7.73. The highest BCUT2D eigenvalue weighted by atomic mass is 16.7. The van der Waals surface area contributed by atoms with Gasteiger partial charge in [-0.05, 0) is 76.0 Å². The summed E-state index contributed by atoms with van der Waals surface area (Å²) in [5.41, 5.74) is 0.0828. The smallest absolute Gasteiger partial charge is 0.252 e. The van der Waals surface area contributed by atoms with E-state index >= 15 is 0 Å². The molecule has 2 aliphatic carbocycles. The monoisotopic (exact) mass is 429 g/mol. The molecule has 2 saturated carbocycles. The molecular weight excluding hydrogens is 394 g/mol. The predicted octanol–water partition coefficient (Wildman–Crippen LogP) is 2.52. The van der Waals surface area contributed by atoms with Crippen molar-refractivity contribution < 1.29 is 19.4 Å². The number of nitrogens with zero attached hydrogens (tertiary/aromatic N) is 2. The minimum absolute atomic E-state index is 0.138. The molecule has 0 radical (unpaired) electrons. The molecule has 0 unspecified atom stereocenters. The van der Waals surface area contributed by atoms with Crippen LogP contribution in [0.3, 0.4) is 0 Å². The molecule has 1 amide bonds. The van der Waals surface area contributed by atoms with Gasteiger partial charge in [-0.1, -0.05) is 6.07 Å². The van der Waals surface area contributed by atoms with E-state index in [2.05, 4.69) is 21.2 Å². The first-order valence-corrected chi connectivity index (χ1v) is 12.0. The Morgan fingerprint density at radius 1 is 1.10 bits per heavy atom. The Morgan fingerprint density at radius 2 is 1.87 bits per heavy atom. The molecule has 1 aromatic rings. The maximum Gasteiger partial charge on any atom is 0.252 e. The fourth-order valence-corrected chi connectivity index (χ4v) is 5.40. The fraction of sp³-hybridized carbons (Fsp3) is 0.708. The minimum atomic E-state index is -1.07. The van der Waals surface area contributed by atoms with Crippen LogP contribution in [-0.4, -0.2) is 67.1 Å². The van der Waals surface area contributed by atoms with Gasteiger partial charge in [0, 0.05) is 32.2 Å². The van der Waals surface area contributed by atoms with Crippen molar-refractivity contribution in [3.05, 3.63) is 18.2 Å². The Morgan fingerprint density at radius 3 is 2.58 bits per heavy atom. The number of aliphatic hydroxyl groups is 1. The highest BCUT2D eigenvalue weighted by molar-refractivity contribution is 5.86. The van der Waals surface area contributed by atoms with Crippen molar-refractivity contribution >= 4 is 11.6 Å². The molecule has 7 nitrogen and oxygen atoms in total. The Bertz CT molecular complexity index is 781. The fourth-order valence-electron chi connectivity index (χ4n) is 5.40. The van der Waals surface area contributed by atoms with Crippen LogP contribution in [-0.2, 0) is 4.79 Å². The van der Waals surface area contributed by atoms with Gasteiger partial charge in [0.25, 0.3) is 5.91 Å². The highest BCUT2D eigenvalue weighted by Gasteiger charge is 2.42. The second-order valence-electron chi connectivity index (χ2n) is 9.70. The lowest BCUT2D eigenvalue weighted by Gasteiger charge is -2.38. The second kappa shape index (κ2) is 8.87. The van der Waals surface area contributed by atoms with Crippen molar-refractivity contribution in [1.82, 2.24) is 10.2 Å². The van der Waals surface area contributed by atoms with Gasteiger partial charge in [-0.2, -0.15) is 0 Å². The second-order valence-corrected chi connectivity index (χ2v) is 9.70. The molecule has 1 aromatic carbocycles. The number of hydrogen-bond acceptors (Lipinski definition) is 6. The van der Waals surface area contributed by atoms with Crippen molar-refractivity contribution in [2.45, 2.75) is 63.0 Å². The molecular formula is C24H35N3O4. The number of piperazine rings is 1. The summed E-state index contributed by atoms with van der Waals surface area (Å²) < 4.78 is 11.2. The number of rotatable bonds is 6. The van der Waals surface area contributed by atoms with Crippen LogP contribution in [0.4, 0.5) is 5.69 Å². The van der Waals surface area contributed by atoms with E-state index in [1.54, 1.807) is 0 Å². The van der Waals surface area contributed by atoms with E-state index in [1.807, 2.05) is 12.1 Å². The highest BCUT2D eigenvalue weighted by Crippen LogP contribution is 2.41. The number of fused-ring (bicyclic) bond motifs is 1. The Kier molecular flexibility index (Phi) is 5.97. The van der Waals surface area contributed by atoms with E-state index < -0.39 is 5.60 Å². The van der Waals surface area contributed by atoms with Crippen LogP contribution in [0.2, 0.25) is 0 Å². The van der Waals surface area contributed by atoms with Gasteiger partial charge in [0.1, 0.15) is 5.60 Å². The van der Waals surface area contributed by atoms with E-state index in [4.69, 9.17) is 9.47 Å². The lowest BCUT2D eigenvalue weighted by molar-refractivity contribution is -0.149. The maximum absolute atomic E-state index is 12.2. The van der Waals surface area contributed by atoms with Crippen LogP contribution in [0.5, 0.6) is 11.5 Å². The van der Waals surface area contributed by atoms with Crippen LogP contribution in [0.15, 0.2) is 18.2 Å². The number of carbonyl (C=O) groups is 1. The summed E-state index contributed by atoms with van der Waals surface area (Å²) in [6.45, 7) is 5.66. The summed E-state index contributed by atoms with van der Waals surface area (Å²) in [4.78, 5) is 17.2. The minimum Gasteiger partial charge on any atom is -0.454 e. The summed E-state index contributed by atoms with van der Waals surface area (Å²) in [6, 6.07) is 6.39. The van der Waals surface area contributed by atoms with Crippen molar-refractivity contribution in [1.29, 1.82) is 0 Å². The standard InChI is InChI=1S/C24H35N3O4/c28-23(24(29)10-2-11-24)25-19-7-5-18(6-8-19)9-12-26-13-15-27(16-14-26)20-3-1-4-21-22(20)31-17-30-21/h1,3-4,18-19,29H,2,5-17H2,(H,25,28)/t18-,19-. The number of hydrogen-bond donors (Lipinski definition) is 2. The van der Waals surface area contributed by atoms with Crippen LogP contribution in [0.1, 0.15) is 51.4 Å². The molecule has 1 saturated heterocycles. The number of para-hydroxylation sites is 1. The number of carbonyl (C=O) groups excluding carboxylic acids is 1. The molecule has 5 rings (SSSR count). The van der Waals surface area contributed by atoms with Gasteiger partial charge < -0.3 is 24.8 Å². The summed E-state index contributed by atoms with van der Waals surface area (Å²) in [7, 11) is 0. The Balaban J connectivity index is 1.02. The number of benzene rings is 1. The summed E-state index contributed by atoms with van der Waals surface area (Å²) in [5.74, 6) is 2.36. The number of nitrogens with one attached hydrogen (secondary N) is 1. The van der Waals surface area contributed by atoms with E-state index in [0.29, 0.717) is 19.6 Å². The van der Waals surface area contributed by atoms with Crippen LogP contribution in [0.25, 0.3) is 0 Å². The molecule has 7 heteroatoms. The number of anilines is 1. The molecule has 2 N–H and O–H groups in total. The summed E-state index contributed by atoms with van der Waals surface area (Å²) in [6.07, 6.45) is 7.88. The van der Waals surface area contributed by atoms with Gasteiger partial charge in [0.15, 0.2) is 11.5 Å². The molecule has 4 aliphatic rings. The average molecular weight is 430 g/mol. The SMILES string of the molecule is O=C(N[C@H]1CC[C@H](CCN2CCN(c3cccc4c3OCO4)CC2)CC1)C1(O)CCC1. The molecule has 2 heterocycles. The van der Waals surface area contributed by atoms with Gasteiger partial charge in [-0.3, -0.25) is 9.69 Å². The number of amides is 1. The lowest BCUT2D eigenvalue weighted by Crippen LogP contribution is -2.54. The maximum atomic E-state index is 12.2. The first-order chi connectivity index (χ1) is 15.1. The summed E-state index contributed by atoms with van der Waals surface area (Å²) >= 11 is 0. The topological polar surface area (TPSA) is 74.3 Å². The van der Waals surface area contributed by atoms with Gasteiger partial charge in [0.05, 0.1) is 5.69 Å². The van der Waals surface area contributed by atoms with Gasteiger partial charge in [-0.15, -0.1) is 0 Å². The normalized spacial score (nSPS) is 27.6. The predicted molar refractivity (Wildman–Crippen MR) is 119 cm³/mol. The van der Waals surface area contributed by atoms with Crippen LogP contribution in [0, 0.1) is 5.92 Å². The molecule has 170 valence electrons. The Labute approximate surface area is 184 Å². The van der Waals surface area contributed by atoms with E-state index in [9.17, 15) is 9.90 Å². The number of ether oxygens (including phenoxy) is 2. The zero-order chi connectivity index (χ0) is 21.3.